The van der Waals surface area contributed by atoms with Crippen LogP contribution in [0.5, 0.6) is 0 Å². The van der Waals surface area contributed by atoms with E-state index in [0.717, 1.165) is 25.0 Å². The van der Waals surface area contributed by atoms with E-state index in [-0.39, 0.29) is 0 Å². The highest BCUT2D eigenvalue weighted by molar-refractivity contribution is 5.30. The topological polar surface area (TPSA) is 3.24 Å². The fourth-order valence-electron chi connectivity index (χ4n) is 2.42. The van der Waals surface area contributed by atoms with Crippen molar-refractivity contribution in [2.24, 2.45) is 5.92 Å². The molecule has 0 aromatic rings. The third kappa shape index (κ3) is 3.90. The molecule has 100 valence electrons. The van der Waals surface area contributed by atoms with Gasteiger partial charge in [0.15, 0.2) is 0 Å². The average Bonchev–Trinajstić information content (AvgIpc) is 2.74. The van der Waals surface area contributed by atoms with Crippen LogP contribution in [-0.4, -0.2) is 18.5 Å². The van der Waals surface area contributed by atoms with E-state index in [2.05, 4.69) is 51.1 Å². The van der Waals surface area contributed by atoms with Gasteiger partial charge in [-0.05, 0) is 43.3 Å². The molecule has 0 aliphatic carbocycles. The number of likely N-dealkylation sites (N-methyl/N-ethyl adjacent to an activating group) is 1. The Morgan fingerprint density at radius 1 is 1.50 bits per heavy atom. The van der Waals surface area contributed by atoms with E-state index in [1.165, 1.54) is 18.5 Å². The number of rotatable bonds is 7. The summed E-state index contributed by atoms with van der Waals surface area (Å²) in [4.78, 5) is 2.38. The van der Waals surface area contributed by atoms with Crippen LogP contribution in [0.4, 0.5) is 0 Å². The van der Waals surface area contributed by atoms with Crippen LogP contribution < -0.4 is 0 Å². The Morgan fingerprint density at radius 3 is 2.83 bits per heavy atom. The largest absolute Gasteiger partial charge is 0.374 e. The van der Waals surface area contributed by atoms with Crippen LogP contribution in [-0.2, 0) is 0 Å². The number of allylic oxidation sites excluding steroid dienone is 4. The Kier molecular flexibility index (Phi) is 5.97. The molecule has 0 radical (unpaired) electrons. The summed E-state index contributed by atoms with van der Waals surface area (Å²) in [7, 11) is 2.19. The van der Waals surface area contributed by atoms with Crippen molar-refractivity contribution in [3.8, 4) is 0 Å². The molecule has 18 heavy (non-hydrogen) atoms. The van der Waals surface area contributed by atoms with Crippen LogP contribution in [0.3, 0.4) is 0 Å². The van der Waals surface area contributed by atoms with Crippen molar-refractivity contribution in [2.75, 3.05) is 13.6 Å². The molecule has 0 saturated heterocycles. The second-order valence-corrected chi connectivity index (χ2v) is 5.19. The lowest BCUT2D eigenvalue weighted by Crippen LogP contribution is -2.11. The highest BCUT2D eigenvalue weighted by atomic mass is 15.1. The number of hydrogen-bond acceptors (Lipinski definition) is 1. The van der Waals surface area contributed by atoms with Gasteiger partial charge >= 0.3 is 0 Å². The predicted molar refractivity (Wildman–Crippen MR) is 81.4 cm³/mol. The van der Waals surface area contributed by atoms with E-state index in [1.54, 1.807) is 5.57 Å². The summed E-state index contributed by atoms with van der Waals surface area (Å²) in [6.07, 6.45) is 11.0. The van der Waals surface area contributed by atoms with Crippen LogP contribution >= 0.6 is 0 Å². The molecule has 1 heteroatoms. The second kappa shape index (κ2) is 7.25. The molecule has 1 aliphatic heterocycles. The van der Waals surface area contributed by atoms with Gasteiger partial charge in [-0.2, -0.15) is 0 Å². The van der Waals surface area contributed by atoms with Gasteiger partial charge in [0.1, 0.15) is 0 Å². The maximum Gasteiger partial charge on any atom is 0.0355 e. The van der Waals surface area contributed by atoms with Crippen molar-refractivity contribution in [3.63, 3.8) is 0 Å². The van der Waals surface area contributed by atoms with Crippen LogP contribution in [0.1, 0.15) is 39.5 Å². The first kappa shape index (κ1) is 14.8. The van der Waals surface area contributed by atoms with Crippen molar-refractivity contribution in [3.05, 3.63) is 48.2 Å². The summed E-state index contributed by atoms with van der Waals surface area (Å²) in [5.41, 5.74) is 4.20. The van der Waals surface area contributed by atoms with Crippen molar-refractivity contribution < 1.29 is 0 Å². The first-order chi connectivity index (χ1) is 8.60. The van der Waals surface area contributed by atoms with Crippen molar-refractivity contribution >= 4 is 0 Å². The Labute approximate surface area is 113 Å². The SMILES string of the molecule is C=CC(=C)CCC(C)C1=C(/C=C\CC)N(C)CC1. The van der Waals surface area contributed by atoms with Crippen molar-refractivity contribution in [1.29, 1.82) is 0 Å². The summed E-state index contributed by atoms with van der Waals surface area (Å²) in [6, 6.07) is 0. The summed E-state index contributed by atoms with van der Waals surface area (Å²) in [6.45, 7) is 13.4. The fourth-order valence-corrected chi connectivity index (χ4v) is 2.42. The lowest BCUT2D eigenvalue weighted by atomic mass is 9.92. The van der Waals surface area contributed by atoms with E-state index >= 15 is 0 Å². The van der Waals surface area contributed by atoms with Crippen LogP contribution in [0.2, 0.25) is 0 Å². The van der Waals surface area contributed by atoms with Crippen LogP contribution in [0.15, 0.2) is 48.2 Å². The molecule has 0 aromatic heterocycles. The van der Waals surface area contributed by atoms with E-state index in [4.69, 9.17) is 0 Å². The standard InChI is InChI=1S/C17H27N/c1-6-8-9-17-16(12-13-18(17)5)15(4)11-10-14(3)7-2/h7-9,15H,2-3,6,10-13H2,1,4-5H3/b9-8-. The molecule has 1 aliphatic rings. The summed E-state index contributed by atoms with van der Waals surface area (Å²) in [5.74, 6) is 0.642. The van der Waals surface area contributed by atoms with Gasteiger partial charge in [0, 0.05) is 19.3 Å². The molecule has 1 rings (SSSR count). The zero-order valence-corrected chi connectivity index (χ0v) is 12.2. The molecule has 0 aromatic carbocycles. The van der Waals surface area contributed by atoms with Gasteiger partial charge in [0.25, 0.3) is 0 Å². The molecule has 1 heterocycles. The first-order valence-electron chi connectivity index (χ1n) is 7.01. The molecular formula is C17H27N. The fraction of sp³-hybridized carbons (Fsp3) is 0.529. The minimum Gasteiger partial charge on any atom is -0.374 e. The van der Waals surface area contributed by atoms with Crippen LogP contribution in [0.25, 0.3) is 0 Å². The van der Waals surface area contributed by atoms with Gasteiger partial charge in [0.05, 0.1) is 0 Å². The molecule has 0 fully saturated rings. The van der Waals surface area contributed by atoms with Gasteiger partial charge in [-0.3, -0.25) is 0 Å². The predicted octanol–water partition coefficient (Wildman–Crippen LogP) is 4.70. The van der Waals surface area contributed by atoms with E-state index < -0.39 is 0 Å². The summed E-state index contributed by atoms with van der Waals surface area (Å²) in [5, 5.41) is 0. The lowest BCUT2D eigenvalue weighted by Gasteiger charge is -2.16. The molecule has 0 spiro atoms. The molecule has 0 saturated carbocycles. The normalized spacial score (nSPS) is 17.6. The molecule has 0 bridgehead atoms. The van der Waals surface area contributed by atoms with Crippen LogP contribution in [0, 0.1) is 5.92 Å². The van der Waals surface area contributed by atoms with Gasteiger partial charge < -0.3 is 4.90 Å². The Hall–Kier alpha value is -1.24. The number of nitrogens with zero attached hydrogens (tertiary/aromatic N) is 1. The molecule has 1 atom stereocenters. The smallest absolute Gasteiger partial charge is 0.0355 e. The van der Waals surface area contributed by atoms with Gasteiger partial charge in [0.2, 0.25) is 0 Å². The zero-order valence-electron chi connectivity index (χ0n) is 12.2. The zero-order chi connectivity index (χ0) is 13.5. The highest BCUT2D eigenvalue weighted by Gasteiger charge is 2.21. The second-order valence-electron chi connectivity index (χ2n) is 5.19. The minimum absolute atomic E-state index is 0.642. The molecule has 1 unspecified atom stereocenters. The summed E-state index contributed by atoms with van der Waals surface area (Å²) >= 11 is 0. The quantitative estimate of drug-likeness (QED) is 0.588. The van der Waals surface area contributed by atoms with E-state index in [0.29, 0.717) is 5.92 Å². The Morgan fingerprint density at radius 2 is 2.22 bits per heavy atom. The summed E-state index contributed by atoms with van der Waals surface area (Å²) < 4.78 is 0. The monoisotopic (exact) mass is 245 g/mol. The third-order valence-electron chi connectivity index (χ3n) is 3.75. The van der Waals surface area contributed by atoms with Crippen molar-refractivity contribution in [1.82, 2.24) is 4.90 Å². The van der Waals surface area contributed by atoms with E-state index in [9.17, 15) is 0 Å². The molecule has 1 nitrogen and oxygen atoms in total. The third-order valence-corrected chi connectivity index (χ3v) is 3.75. The minimum atomic E-state index is 0.642. The molecular weight excluding hydrogens is 218 g/mol. The average molecular weight is 245 g/mol. The van der Waals surface area contributed by atoms with Gasteiger partial charge in [-0.1, -0.05) is 44.7 Å². The first-order valence-corrected chi connectivity index (χ1v) is 7.01. The van der Waals surface area contributed by atoms with Gasteiger partial charge in [-0.25, -0.2) is 0 Å². The lowest BCUT2D eigenvalue weighted by molar-refractivity contribution is 0.471. The Balaban J connectivity index is 2.71. The van der Waals surface area contributed by atoms with Crippen molar-refractivity contribution in [2.45, 2.75) is 39.5 Å². The Bertz CT molecular complexity index is 360. The number of hydrogen-bond donors (Lipinski definition) is 0. The van der Waals surface area contributed by atoms with Gasteiger partial charge in [-0.15, -0.1) is 0 Å². The highest BCUT2D eigenvalue weighted by Crippen LogP contribution is 2.31. The molecule has 0 amide bonds. The molecule has 0 N–H and O–H groups in total. The maximum absolute atomic E-state index is 4.00. The maximum atomic E-state index is 4.00. The van der Waals surface area contributed by atoms with E-state index in [1.807, 2.05) is 6.08 Å².